The van der Waals surface area contributed by atoms with Crippen LogP contribution in [-0.4, -0.2) is 25.6 Å². The molecule has 0 aromatic carbocycles. The highest BCUT2D eigenvalue weighted by molar-refractivity contribution is 5.99. The Morgan fingerprint density at radius 2 is 2.40 bits per heavy atom. The Morgan fingerprint density at radius 1 is 1.60 bits per heavy atom. The van der Waals surface area contributed by atoms with Gasteiger partial charge in [0.05, 0.1) is 11.9 Å². The minimum Gasteiger partial charge on any atom is -0.476 e. The first-order valence-corrected chi connectivity index (χ1v) is 4.20. The van der Waals surface area contributed by atoms with E-state index in [2.05, 4.69) is 15.9 Å². The first-order valence-electron chi connectivity index (χ1n) is 4.20. The summed E-state index contributed by atoms with van der Waals surface area (Å²) in [5, 5.41) is 9.38. The van der Waals surface area contributed by atoms with Gasteiger partial charge >= 0.3 is 5.97 Å². The van der Waals surface area contributed by atoms with Gasteiger partial charge in [-0.2, -0.15) is 0 Å². The van der Waals surface area contributed by atoms with Crippen molar-refractivity contribution in [1.29, 1.82) is 0 Å². The highest BCUT2D eigenvalue weighted by Gasteiger charge is 2.12. The third kappa shape index (κ3) is 1.42. The van der Waals surface area contributed by atoms with Gasteiger partial charge in [0, 0.05) is 6.20 Å². The van der Waals surface area contributed by atoms with E-state index in [-0.39, 0.29) is 5.69 Å². The van der Waals surface area contributed by atoms with Gasteiger partial charge in [0.1, 0.15) is 12.0 Å². The second kappa shape index (κ2) is 3.42. The standard InChI is InChI=1S/C10H7N3O2/c1-2-4-13-5-3-7-8(10(14)15)11-6-12-9(7)13/h1,3,5-6H,4H2,(H,14,15). The van der Waals surface area contributed by atoms with Crippen molar-refractivity contribution in [2.45, 2.75) is 6.54 Å². The first-order chi connectivity index (χ1) is 7.24. The lowest BCUT2D eigenvalue weighted by molar-refractivity contribution is 0.0692. The Kier molecular flexibility index (Phi) is 2.10. The molecular weight excluding hydrogens is 194 g/mol. The highest BCUT2D eigenvalue weighted by atomic mass is 16.4. The predicted octanol–water partition coefficient (Wildman–Crippen LogP) is 0.763. The molecule has 0 atom stereocenters. The van der Waals surface area contributed by atoms with E-state index in [0.717, 1.165) is 0 Å². The molecule has 5 heteroatoms. The number of rotatable bonds is 2. The molecule has 0 amide bonds. The second-order valence-corrected chi connectivity index (χ2v) is 2.91. The number of aromatic carboxylic acids is 1. The number of nitrogens with zero attached hydrogens (tertiary/aromatic N) is 3. The summed E-state index contributed by atoms with van der Waals surface area (Å²) >= 11 is 0. The van der Waals surface area contributed by atoms with E-state index in [1.807, 2.05) is 0 Å². The Balaban J connectivity index is 2.70. The molecule has 0 aliphatic heterocycles. The zero-order valence-corrected chi connectivity index (χ0v) is 7.71. The molecule has 2 rings (SSSR count). The number of hydrogen-bond donors (Lipinski definition) is 1. The maximum Gasteiger partial charge on any atom is 0.355 e. The Morgan fingerprint density at radius 3 is 3.07 bits per heavy atom. The van der Waals surface area contributed by atoms with Crippen LogP contribution < -0.4 is 0 Å². The van der Waals surface area contributed by atoms with Gasteiger partial charge in [-0.1, -0.05) is 5.92 Å². The smallest absolute Gasteiger partial charge is 0.355 e. The molecule has 0 aliphatic rings. The van der Waals surface area contributed by atoms with E-state index >= 15 is 0 Å². The molecular formula is C10H7N3O2. The van der Waals surface area contributed by atoms with Gasteiger partial charge < -0.3 is 9.67 Å². The van der Waals surface area contributed by atoms with E-state index in [0.29, 0.717) is 17.6 Å². The van der Waals surface area contributed by atoms with Gasteiger partial charge in [0.15, 0.2) is 5.69 Å². The maximum atomic E-state index is 10.8. The lowest BCUT2D eigenvalue weighted by Crippen LogP contribution is -2.03. The van der Waals surface area contributed by atoms with Crippen LogP contribution in [0.2, 0.25) is 0 Å². The van der Waals surface area contributed by atoms with E-state index < -0.39 is 5.97 Å². The quantitative estimate of drug-likeness (QED) is 0.728. The van der Waals surface area contributed by atoms with E-state index in [9.17, 15) is 4.79 Å². The zero-order chi connectivity index (χ0) is 10.8. The molecule has 1 N–H and O–H groups in total. The Hall–Kier alpha value is -2.35. The van der Waals surface area contributed by atoms with Crippen molar-refractivity contribution in [3.05, 3.63) is 24.3 Å². The normalized spacial score (nSPS) is 10.1. The molecule has 74 valence electrons. The minimum atomic E-state index is -1.07. The van der Waals surface area contributed by atoms with Gasteiger partial charge in [-0.25, -0.2) is 14.8 Å². The van der Waals surface area contributed by atoms with Crippen LogP contribution in [0.4, 0.5) is 0 Å². The number of hydrogen-bond acceptors (Lipinski definition) is 3. The fraction of sp³-hybridized carbons (Fsp3) is 0.100. The summed E-state index contributed by atoms with van der Waals surface area (Å²) in [6.07, 6.45) is 8.10. The van der Waals surface area contributed by atoms with Crippen molar-refractivity contribution in [2.24, 2.45) is 0 Å². The van der Waals surface area contributed by atoms with Gasteiger partial charge in [0.25, 0.3) is 0 Å². The van der Waals surface area contributed by atoms with Crippen molar-refractivity contribution in [3.63, 3.8) is 0 Å². The number of terminal acetylenes is 1. The average Bonchev–Trinajstić information content (AvgIpc) is 2.62. The van der Waals surface area contributed by atoms with E-state index in [1.165, 1.54) is 6.33 Å². The molecule has 2 heterocycles. The van der Waals surface area contributed by atoms with Gasteiger partial charge in [0.2, 0.25) is 0 Å². The number of carboxylic acids is 1. The van der Waals surface area contributed by atoms with Crippen LogP contribution in [0.1, 0.15) is 10.5 Å². The maximum absolute atomic E-state index is 10.8. The first kappa shape index (κ1) is 9.21. The molecule has 0 unspecified atom stereocenters. The van der Waals surface area contributed by atoms with Crippen LogP contribution in [0, 0.1) is 12.3 Å². The van der Waals surface area contributed by atoms with Crippen LogP contribution >= 0.6 is 0 Å². The molecule has 0 saturated carbocycles. The summed E-state index contributed by atoms with van der Waals surface area (Å²) in [5.41, 5.74) is 0.538. The highest BCUT2D eigenvalue weighted by Crippen LogP contribution is 2.15. The third-order valence-electron chi connectivity index (χ3n) is 2.02. The summed E-state index contributed by atoms with van der Waals surface area (Å²) in [6.45, 7) is 0.361. The summed E-state index contributed by atoms with van der Waals surface area (Å²) in [6, 6.07) is 1.65. The van der Waals surface area contributed by atoms with Crippen LogP contribution in [0.5, 0.6) is 0 Å². The zero-order valence-electron chi connectivity index (χ0n) is 7.71. The topological polar surface area (TPSA) is 68.0 Å². The molecule has 0 aliphatic carbocycles. The molecule has 0 fully saturated rings. The number of aromatic nitrogens is 3. The minimum absolute atomic E-state index is 0.00392. The van der Waals surface area contributed by atoms with Gasteiger partial charge in [-0.3, -0.25) is 0 Å². The SMILES string of the molecule is C#CCn1ccc2c(C(=O)O)ncnc21. The van der Waals surface area contributed by atoms with Crippen LogP contribution in [0.3, 0.4) is 0 Å². The molecule has 0 bridgehead atoms. The summed E-state index contributed by atoms with van der Waals surface area (Å²) in [7, 11) is 0. The van der Waals surface area contributed by atoms with Gasteiger partial charge in [-0.15, -0.1) is 6.42 Å². The van der Waals surface area contributed by atoms with Crippen molar-refractivity contribution in [2.75, 3.05) is 0 Å². The molecule has 5 nitrogen and oxygen atoms in total. The van der Waals surface area contributed by atoms with Crippen molar-refractivity contribution < 1.29 is 9.90 Å². The molecule has 0 radical (unpaired) electrons. The number of carboxylic acid groups (broad SMARTS) is 1. The van der Waals surface area contributed by atoms with Crippen LogP contribution in [-0.2, 0) is 6.54 Å². The van der Waals surface area contributed by atoms with Crippen molar-refractivity contribution >= 4 is 17.0 Å². The van der Waals surface area contributed by atoms with Crippen LogP contribution in [0.15, 0.2) is 18.6 Å². The van der Waals surface area contributed by atoms with Crippen molar-refractivity contribution in [1.82, 2.24) is 14.5 Å². The van der Waals surface area contributed by atoms with E-state index in [4.69, 9.17) is 11.5 Å². The third-order valence-corrected chi connectivity index (χ3v) is 2.02. The molecule has 15 heavy (non-hydrogen) atoms. The van der Waals surface area contributed by atoms with Gasteiger partial charge in [-0.05, 0) is 6.07 Å². The summed E-state index contributed by atoms with van der Waals surface area (Å²) in [4.78, 5) is 18.5. The Bertz CT molecular complexity index is 566. The van der Waals surface area contributed by atoms with E-state index in [1.54, 1.807) is 16.8 Å². The van der Waals surface area contributed by atoms with Crippen LogP contribution in [0.25, 0.3) is 11.0 Å². The molecule has 2 aromatic rings. The summed E-state index contributed by atoms with van der Waals surface area (Å²) < 4.78 is 1.70. The number of fused-ring (bicyclic) bond motifs is 1. The second-order valence-electron chi connectivity index (χ2n) is 2.91. The monoisotopic (exact) mass is 201 g/mol. The largest absolute Gasteiger partial charge is 0.476 e. The molecule has 0 spiro atoms. The lowest BCUT2D eigenvalue weighted by Gasteiger charge is -1.99. The molecule has 2 aromatic heterocycles. The summed E-state index contributed by atoms with van der Waals surface area (Å²) in [5.74, 6) is 1.40. The lowest BCUT2D eigenvalue weighted by atomic mass is 10.3. The predicted molar refractivity (Wildman–Crippen MR) is 53.3 cm³/mol. The fourth-order valence-electron chi connectivity index (χ4n) is 1.40. The molecule has 0 saturated heterocycles. The fourth-order valence-corrected chi connectivity index (χ4v) is 1.40. The average molecular weight is 201 g/mol. The van der Waals surface area contributed by atoms with Crippen molar-refractivity contribution in [3.8, 4) is 12.3 Å². The number of carbonyl (C=O) groups is 1. The Labute approximate surface area is 85.4 Å².